The van der Waals surface area contributed by atoms with Crippen molar-refractivity contribution in [2.24, 2.45) is 5.11 Å². The van der Waals surface area contributed by atoms with Gasteiger partial charge in [0.05, 0.1) is 4.90 Å². The van der Waals surface area contributed by atoms with Crippen LogP contribution in [-0.2, 0) is 10.0 Å². The molecule has 0 N–H and O–H groups in total. The second-order valence-corrected chi connectivity index (χ2v) is 6.09. The largest absolute Gasteiger partial charge is 0.243 e. The van der Waals surface area contributed by atoms with E-state index in [4.69, 9.17) is 5.53 Å². The van der Waals surface area contributed by atoms with Gasteiger partial charge < -0.3 is 0 Å². The SMILES string of the molecule is [N-]=[N+]=Nc1ccc(S(=O)(=O)N2CCCCC2)cc1. The molecule has 1 saturated heterocycles. The van der Waals surface area contributed by atoms with Crippen molar-refractivity contribution < 1.29 is 8.42 Å². The Morgan fingerprint density at radius 3 is 2.28 bits per heavy atom. The minimum Gasteiger partial charge on any atom is -0.207 e. The second-order valence-electron chi connectivity index (χ2n) is 4.15. The Balaban J connectivity index is 2.26. The van der Waals surface area contributed by atoms with Crippen molar-refractivity contribution in [3.63, 3.8) is 0 Å². The summed E-state index contributed by atoms with van der Waals surface area (Å²) in [6, 6.07) is 5.98. The average molecular weight is 266 g/mol. The highest BCUT2D eigenvalue weighted by Gasteiger charge is 2.25. The van der Waals surface area contributed by atoms with Crippen LogP contribution in [0.3, 0.4) is 0 Å². The number of hydrogen-bond acceptors (Lipinski definition) is 3. The Labute approximate surface area is 106 Å². The molecule has 1 fully saturated rings. The number of hydrogen-bond donors (Lipinski definition) is 0. The lowest BCUT2D eigenvalue weighted by Gasteiger charge is -2.25. The Morgan fingerprint density at radius 2 is 1.72 bits per heavy atom. The molecule has 1 heterocycles. The second kappa shape index (κ2) is 5.39. The molecular weight excluding hydrogens is 252 g/mol. The summed E-state index contributed by atoms with van der Waals surface area (Å²) in [4.78, 5) is 2.90. The third-order valence-corrected chi connectivity index (χ3v) is 4.86. The van der Waals surface area contributed by atoms with Crippen molar-refractivity contribution >= 4 is 15.7 Å². The molecule has 0 amide bonds. The lowest BCUT2D eigenvalue weighted by molar-refractivity contribution is 0.346. The van der Waals surface area contributed by atoms with Crippen molar-refractivity contribution in [1.29, 1.82) is 0 Å². The maximum atomic E-state index is 12.3. The summed E-state index contributed by atoms with van der Waals surface area (Å²) in [5, 5.41) is 3.41. The Hall–Kier alpha value is -1.56. The number of sulfonamides is 1. The van der Waals surface area contributed by atoms with Gasteiger partial charge in [-0.25, -0.2) is 8.42 Å². The molecule has 7 heteroatoms. The summed E-state index contributed by atoms with van der Waals surface area (Å²) in [6.07, 6.45) is 2.91. The molecule has 1 aromatic rings. The molecule has 18 heavy (non-hydrogen) atoms. The van der Waals surface area contributed by atoms with Gasteiger partial charge in [-0.3, -0.25) is 0 Å². The molecule has 6 nitrogen and oxygen atoms in total. The fraction of sp³-hybridized carbons (Fsp3) is 0.455. The predicted molar refractivity (Wildman–Crippen MR) is 67.9 cm³/mol. The lowest BCUT2D eigenvalue weighted by Crippen LogP contribution is -2.35. The molecule has 0 aromatic heterocycles. The summed E-state index contributed by atoms with van der Waals surface area (Å²) in [7, 11) is -3.40. The van der Waals surface area contributed by atoms with Crippen LogP contribution in [0.4, 0.5) is 5.69 Å². The molecule has 1 aromatic carbocycles. The first kappa shape index (κ1) is 12.9. The van der Waals surface area contributed by atoms with Crippen molar-refractivity contribution in [2.75, 3.05) is 13.1 Å². The number of piperidine rings is 1. The summed E-state index contributed by atoms with van der Waals surface area (Å²) in [6.45, 7) is 1.17. The normalized spacial score (nSPS) is 17.1. The van der Waals surface area contributed by atoms with Crippen LogP contribution in [0.15, 0.2) is 34.3 Å². The molecule has 0 radical (unpaired) electrons. The molecule has 1 aliphatic rings. The minimum atomic E-state index is -3.40. The molecular formula is C11H14N4O2S. The van der Waals surface area contributed by atoms with E-state index >= 15 is 0 Å². The minimum absolute atomic E-state index is 0.251. The predicted octanol–water partition coefficient (Wildman–Crippen LogP) is 2.80. The van der Waals surface area contributed by atoms with Gasteiger partial charge in [-0.2, -0.15) is 4.31 Å². The van der Waals surface area contributed by atoms with Crippen LogP contribution in [-0.4, -0.2) is 25.8 Å². The van der Waals surface area contributed by atoms with Crippen molar-refractivity contribution in [2.45, 2.75) is 24.2 Å². The van der Waals surface area contributed by atoms with Gasteiger partial charge >= 0.3 is 0 Å². The van der Waals surface area contributed by atoms with Gasteiger partial charge in [0.15, 0.2) is 0 Å². The van der Waals surface area contributed by atoms with Gasteiger partial charge in [-0.15, -0.1) is 0 Å². The molecule has 96 valence electrons. The molecule has 0 unspecified atom stereocenters. The van der Waals surface area contributed by atoms with E-state index in [0.717, 1.165) is 19.3 Å². The van der Waals surface area contributed by atoms with E-state index in [1.165, 1.54) is 28.6 Å². The fourth-order valence-electron chi connectivity index (χ4n) is 1.99. The Bertz CT molecular complexity index is 555. The molecule has 0 saturated carbocycles. The zero-order chi connectivity index (χ0) is 13.0. The van der Waals surface area contributed by atoms with E-state index in [2.05, 4.69) is 10.0 Å². The van der Waals surface area contributed by atoms with E-state index in [-0.39, 0.29) is 4.90 Å². The van der Waals surface area contributed by atoms with Crippen LogP contribution < -0.4 is 0 Å². The number of nitrogens with zero attached hydrogens (tertiary/aromatic N) is 4. The summed E-state index contributed by atoms with van der Waals surface area (Å²) < 4.78 is 26.1. The first-order valence-corrected chi connectivity index (χ1v) is 7.24. The van der Waals surface area contributed by atoms with Crippen molar-refractivity contribution in [3.8, 4) is 0 Å². The van der Waals surface area contributed by atoms with Gasteiger partial charge in [0.1, 0.15) is 0 Å². The highest BCUT2D eigenvalue weighted by Crippen LogP contribution is 2.22. The first-order valence-electron chi connectivity index (χ1n) is 5.80. The van der Waals surface area contributed by atoms with E-state index in [9.17, 15) is 8.42 Å². The van der Waals surface area contributed by atoms with Crippen LogP contribution in [0.1, 0.15) is 19.3 Å². The van der Waals surface area contributed by atoms with Crippen molar-refractivity contribution in [1.82, 2.24) is 4.31 Å². The summed E-state index contributed by atoms with van der Waals surface area (Å²) >= 11 is 0. The molecule has 0 bridgehead atoms. The van der Waals surface area contributed by atoms with Crippen LogP contribution in [0, 0.1) is 0 Å². The van der Waals surface area contributed by atoms with Crippen LogP contribution in [0.25, 0.3) is 10.4 Å². The standard InChI is InChI=1S/C11H14N4O2S/c12-14-13-10-4-6-11(7-5-10)18(16,17)15-8-2-1-3-9-15/h4-7H,1-3,8-9H2. The third-order valence-electron chi connectivity index (χ3n) is 2.95. The van der Waals surface area contributed by atoms with Gasteiger partial charge in [-0.1, -0.05) is 23.7 Å². The highest BCUT2D eigenvalue weighted by molar-refractivity contribution is 7.89. The fourth-order valence-corrected chi connectivity index (χ4v) is 3.51. The smallest absolute Gasteiger partial charge is 0.207 e. The highest BCUT2D eigenvalue weighted by atomic mass is 32.2. The topological polar surface area (TPSA) is 86.1 Å². The van der Waals surface area contributed by atoms with Crippen LogP contribution in [0.5, 0.6) is 0 Å². The number of benzene rings is 1. The van der Waals surface area contributed by atoms with E-state index in [1.54, 1.807) is 0 Å². The van der Waals surface area contributed by atoms with Crippen molar-refractivity contribution in [3.05, 3.63) is 34.7 Å². The molecule has 1 aliphatic heterocycles. The Morgan fingerprint density at radius 1 is 1.11 bits per heavy atom. The number of rotatable bonds is 3. The van der Waals surface area contributed by atoms with Gasteiger partial charge in [0.25, 0.3) is 0 Å². The Kier molecular flexibility index (Phi) is 3.86. The molecule has 0 atom stereocenters. The first-order chi connectivity index (χ1) is 8.64. The van der Waals surface area contributed by atoms with E-state index in [0.29, 0.717) is 18.8 Å². The summed E-state index contributed by atoms with van der Waals surface area (Å²) in [5.74, 6) is 0. The maximum absolute atomic E-state index is 12.3. The molecule has 2 rings (SSSR count). The zero-order valence-electron chi connectivity index (χ0n) is 9.86. The van der Waals surface area contributed by atoms with Gasteiger partial charge in [-0.05, 0) is 30.5 Å². The maximum Gasteiger partial charge on any atom is 0.243 e. The quantitative estimate of drug-likeness (QED) is 0.478. The molecule has 0 aliphatic carbocycles. The van der Waals surface area contributed by atoms with Gasteiger partial charge in [0.2, 0.25) is 10.0 Å². The zero-order valence-corrected chi connectivity index (χ0v) is 10.7. The number of azide groups is 1. The van der Waals surface area contributed by atoms with E-state index in [1.807, 2.05) is 0 Å². The monoisotopic (exact) mass is 266 g/mol. The lowest BCUT2D eigenvalue weighted by atomic mass is 10.2. The third kappa shape index (κ3) is 2.64. The van der Waals surface area contributed by atoms with Crippen LogP contribution in [0.2, 0.25) is 0 Å². The average Bonchev–Trinajstić information content (AvgIpc) is 2.41. The van der Waals surface area contributed by atoms with Gasteiger partial charge in [0, 0.05) is 23.7 Å². The van der Waals surface area contributed by atoms with E-state index < -0.39 is 10.0 Å². The molecule has 0 spiro atoms. The summed E-state index contributed by atoms with van der Waals surface area (Å²) in [5.41, 5.74) is 8.70. The van der Waals surface area contributed by atoms with Crippen LogP contribution >= 0.6 is 0 Å².